The molecule has 0 amide bonds. The SMILES string of the molecule is C#CCOc1c(Cl)cc(Cl)cc1CC(C)N. The Kier molecular flexibility index (Phi) is 4.95. The molecule has 1 aromatic rings. The first kappa shape index (κ1) is 13.2. The second-order valence-electron chi connectivity index (χ2n) is 3.55. The van der Waals surface area contributed by atoms with Gasteiger partial charge in [-0.2, -0.15) is 0 Å². The van der Waals surface area contributed by atoms with E-state index in [1.807, 2.05) is 6.92 Å². The maximum atomic E-state index is 6.04. The molecule has 1 unspecified atom stereocenters. The summed E-state index contributed by atoms with van der Waals surface area (Å²) in [5, 5.41) is 1.02. The summed E-state index contributed by atoms with van der Waals surface area (Å²) in [7, 11) is 0. The highest BCUT2D eigenvalue weighted by Gasteiger charge is 2.11. The van der Waals surface area contributed by atoms with Crippen LogP contribution in [-0.4, -0.2) is 12.6 Å². The van der Waals surface area contributed by atoms with Gasteiger partial charge in [-0.05, 0) is 31.0 Å². The summed E-state index contributed by atoms with van der Waals surface area (Å²) < 4.78 is 5.39. The second-order valence-corrected chi connectivity index (χ2v) is 4.39. The van der Waals surface area contributed by atoms with E-state index >= 15 is 0 Å². The fourth-order valence-corrected chi connectivity index (χ4v) is 1.98. The summed E-state index contributed by atoms with van der Waals surface area (Å²) in [5.41, 5.74) is 6.62. The fourth-order valence-electron chi connectivity index (χ4n) is 1.39. The molecule has 1 atom stereocenters. The summed E-state index contributed by atoms with van der Waals surface area (Å²) in [6.07, 6.45) is 5.78. The van der Waals surface area contributed by atoms with Gasteiger partial charge >= 0.3 is 0 Å². The predicted octanol–water partition coefficient (Wildman–Crippen LogP) is 2.90. The van der Waals surface area contributed by atoms with Crippen molar-refractivity contribution in [3.05, 3.63) is 27.7 Å². The Balaban J connectivity index is 3.06. The molecule has 1 rings (SSSR count). The van der Waals surface area contributed by atoms with Crippen LogP contribution >= 0.6 is 23.2 Å². The molecule has 0 heterocycles. The first-order valence-electron chi connectivity index (χ1n) is 4.84. The Labute approximate surface area is 106 Å². The van der Waals surface area contributed by atoms with Crippen molar-refractivity contribution < 1.29 is 4.74 Å². The molecular weight excluding hydrogens is 245 g/mol. The van der Waals surface area contributed by atoms with E-state index in [0.717, 1.165) is 5.56 Å². The molecule has 86 valence electrons. The van der Waals surface area contributed by atoms with Gasteiger partial charge in [-0.1, -0.05) is 29.1 Å². The first-order chi connectivity index (χ1) is 7.54. The predicted molar refractivity (Wildman–Crippen MR) is 68.1 cm³/mol. The average molecular weight is 258 g/mol. The van der Waals surface area contributed by atoms with Gasteiger partial charge in [-0.3, -0.25) is 0 Å². The van der Waals surface area contributed by atoms with Gasteiger partial charge in [0.25, 0.3) is 0 Å². The lowest BCUT2D eigenvalue weighted by Crippen LogP contribution is -2.18. The van der Waals surface area contributed by atoms with Gasteiger partial charge in [0, 0.05) is 11.1 Å². The Morgan fingerprint density at radius 2 is 2.19 bits per heavy atom. The summed E-state index contributed by atoms with van der Waals surface area (Å²) in [4.78, 5) is 0. The number of halogens is 2. The van der Waals surface area contributed by atoms with Crippen molar-refractivity contribution in [1.82, 2.24) is 0 Å². The molecule has 0 spiro atoms. The largest absolute Gasteiger partial charge is 0.479 e. The minimum absolute atomic E-state index is 0.00252. The lowest BCUT2D eigenvalue weighted by atomic mass is 10.1. The number of nitrogens with two attached hydrogens (primary N) is 1. The minimum atomic E-state index is 0.00252. The van der Waals surface area contributed by atoms with Gasteiger partial charge in [-0.25, -0.2) is 0 Å². The van der Waals surface area contributed by atoms with E-state index in [1.54, 1.807) is 12.1 Å². The van der Waals surface area contributed by atoms with Crippen LogP contribution in [0.4, 0.5) is 0 Å². The Morgan fingerprint density at radius 1 is 1.50 bits per heavy atom. The summed E-state index contributed by atoms with van der Waals surface area (Å²) >= 11 is 12.0. The zero-order chi connectivity index (χ0) is 12.1. The molecule has 0 fully saturated rings. The van der Waals surface area contributed by atoms with Crippen LogP contribution < -0.4 is 10.5 Å². The van der Waals surface area contributed by atoms with Crippen molar-refractivity contribution in [2.24, 2.45) is 5.73 Å². The molecule has 0 aliphatic heterocycles. The van der Waals surface area contributed by atoms with Gasteiger partial charge in [-0.15, -0.1) is 6.42 Å². The first-order valence-corrected chi connectivity index (χ1v) is 5.60. The van der Waals surface area contributed by atoms with E-state index in [4.69, 9.17) is 40.1 Å². The molecule has 0 bridgehead atoms. The van der Waals surface area contributed by atoms with Gasteiger partial charge < -0.3 is 10.5 Å². The smallest absolute Gasteiger partial charge is 0.148 e. The second kappa shape index (κ2) is 6.00. The Hall–Kier alpha value is -0.880. The van der Waals surface area contributed by atoms with E-state index < -0.39 is 0 Å². The number of hydrogen-bond acceptors (Lipinski definition) is 2. The molecule has 2 nitrogen and oxygen atoms in total. The number of terminal acetylenes is 1. The zero-order valence-electron chi connectivity index (χ0n) is 8.97. The van der Waals surface area contributed by atoms with Crippen molar-refractivity contribution >= 4 is 23.2 Å². The molecule has 2 N–H and O–H groups in total. The van der Waals surface area contributed by atoms with Gasteiger partial charge in [0.2, 0.25) is 0 Å². The lowest BCUT2D eigenvalue weighted by Gasteiger charge is -2.13. The van der Waals surface area contributed by atoms with Gasteiger partial charge in [0.15, 0.2) is 0 Å². The highest BCUT2D eigenvalue weighted by Crippen LogP contribution is 2.33. The van der Waals surface area contributed by atoms with E-state index in [0.29, 0.717) is 22.2 Å². The number of ether oxygens (including phenoxy) is 1. The van der Waals surface area contributed by atoms with Crippen LogP contribution in [0.1, 0.15) is 12.5 Å². The van der Waals surface area contributed by atoms with Crippen molar-refractivity contribution in [3.63, 3.8) is 0 Å². The molecule has 0 saturated heterocycles. The topological polar surface area (TPSA) is 35.2 Å². The third-order valence-corrected chi connectivity index (χ3v) is 2.43. The molecule has 0 aliphatic carbocycles. The van der Waals surface area contributed by atoms with Crippen molar-refractivity contribution in [3.8, 4) is 18.1 Å². The number of rotatable bonds is 4. The standard InChI is InChI=1S/C12H13Cl2NO/c1-3-4-16-12-9(5-8(2)15)6-10(13)7-11(12)14/h1,6-8H,4-5,15H2,2H3. The molecular formula is C12H13Cl2NO. The van der Waals surface area contributed by atoms with Crippen molar-refractivity contribution in [2.75, 3.05) is 6.61 Å². The van der Waals surface area contributed by atoms with Crippen LogP contribution in [0.25, 0.3) is 0 Å². The Bertz CT molecular complexity index is 410. The maximum absolute atomic E-state index is 6.04. The molecule has 0 aliphatic rings. The van der Waals surface area contributed by atoms with Crippen LogP contribution in [0.3, 0.4) is 0 Å². The van der Waals surface area contributed by atoms with E-state index in [2.05, 4.69) is 5.92 Å². The zero-order valence-corrected chi connectivity index (χ0v) is 10.5. The van der Waals surface area contributed by atoms with Crippen LogP contribution in [-0.2, 0) is 6.42 Å². The molecule has 0 saturated carbocycles. The number of hydrogen-bond donors (Lipinski definition) is 1. The van der Waals surface area contributed by atoms with Crippen LogP contribution in [0.15, 0.2) is 12.1 Å². The van der Waals surface area contributed by atoms with E-state index in [9.17, 15) is 0 Å². The maximum Gasteiger partial charge on any atom is 0.148 e. The monoisotopic (exact) mass is 257 g/mol. The summed E-state index contributed by atoms with van der Waals surface area (Å²) in [6.45, 7) is 2.08. The van der Waals surface area contributed by atoms with Crippen LogP contribution in [0.5, 0.6) is 5.75 Å². The van der Waals surface area contributed by atoms with Crippen molar-refractivity contribution in [1.29, 1.82) is 0 Å². The quantitative estimate of drug-likeness (QED) is 0.843. The minimum Gasteiger partial charge on any atom is -0.479 e. The van der Waals surface area contributed by atoms with Gasteiger partial charge in [0.05, 0.1) is 5.02 Å². The third kappa shape index (κ3) is 3.61. The molecule has 0 aromatic heterocycles. The lowest BCUT2D eigenvalue weighted by molar-refractivity contribution is 0.365. The summed E-state index contributed by atoms with van der Waals surface area (Å²) in [6, 6.07) is 3.42. The Morgan fingerprint density at radius 3 is 2.75 bits per heavy atom. The molecule has 16 heavy (non-hydrogen) atoms. The molecule has 0 radical (unpaired) electrons. The average Bonchev–Trinajstić information content (AvgIpc) is 2.15. The number of benzene rings is 1. The van der Waals surface area contributed by atoms with Crippen molar-refractivity contribution in [2.45, 2.75) is 19.4 Å². The molecule has 1 aromatic carbocycles. The normalized spacial score (nSPS) is 11.9. The van der Waals surface area contributed by atoms with Gasteiger partial charge in [0.1, 0.15) is 12.4 Å². The van der Waals surface area contributed by atoms with Crippen LogP contribution in [0.2, 0.25) is 10.0 Å². The highest BCUT2D eigenvalue weighted by atomic mass is 35.5. The fraction of sp³-hybridized carbons (Fsp3) is 0.333. The third-order valence-electron chi connectivity index (χ3n) is 1.93. The summed E-state index contributed by atoms with van der Waals surface area (Å²) in [5.74, 6) is 2.96. The van der Waals surface area contributed by atoms with E-state index in [-0.39, 0.29) is 12.6 Å². The van der Waals surface area contributed by atoms with Crippen LogP contribution in [0, 0.1) is 12.3 Å². The highest BCUT2D eigenvalue weighted by molar-refractivity contribution is 6.35. The van der Waals surface area contributed by atoms with E-state index in [1.165, 1.54) is 0 Å². The molecule has 4 heteroatoms.